The summed E-state index contributed by atoms with van der Waals surface area (Å²) in [6.45, 7) is 0. The van der Waals surface area contributed by atoms with Gasteiger partial charge in [-0.1, -0.05) is 0 Å². The summed E-state index contributed by atoms with van der Waals surface area (Å²) in [5.41, 5.74) is 4.94. The third-order valence-electron chi connectivity index (χ3n) is 0.591. The van der Waals surface area contributed by atoms with Crippen LogP contribution >= 0.6 is 16.5 Å². The van der Waals surface area contributed by atoms with Crippen molar-refractivity contribution in [3.05, 3.63) is 0 Å². The molecule has 1 fully saturated rings. The first-order valence-corrected chi connectivity index (χ1v) is 4.48. The van der Waals surface area contributed by atoms with Crippen LogP contribution in [0.1, 0.15) is 0 Å². The molecule has 0 radical (unpaired) electrons. The monoisotopic (exact) mass is 173 g/mol. The molecular weight excluding hydrogens is 168 g/mol. The molecule has 9 heavy (non-hydrogen) atoms. The highest BCUT2D eigenvalue weighted by Gasteiger charge is 2.20. The molecule has 1 aliphatic rings. The molecule has 1 saturated heterocycles. The lowest BCUT2D eigenvalue weighted by Crippen LogP contribution is -2.24. The minimum absolute atomic E-state index is 1.17. The first-order valence-electron chi connectivity index (χ1n) is 2.03. The number of hydrogen-bond donors (Lipinski definition) is 1. The van der Waals surface area contributed by atoms with Crippen LogP contribution in [0.15, 0.2) is 0 Å². The summed E-state index contributed by atoms with van der Waals surface area (Å²) in [5.74, 6) is 0. The summed E-state index contributed by atoms with van der Waals surface area (Å²) in [4.78, 5) is 0. The van der Waals surface area contributed by atoms with Gasteiger partial charge in [0.2, 0.25) is 6.41 Å². The summed E-state index contributed by atoms with van der Waals surface area (Å²) in [7, 11) is -5.32. The first kappa shape index (κ1) is 7.41. The van der Waals surface area contributed by atoms with E-state index in [4.69, 9.17) is 5.73 Å². The molecule has 1 heterocycles. The third kappa shape index (κ3) is 2.18. The van der Waals surface area contributed by atoms with E-state index in [1.807, 2.05) is 0 Å². The second-order valence-electron chi connectivity index (χ2n) is 1.21. The smallest absolute Gasteiger partial charge is 0.282 e. The lowest BCUT2D eigenvalue weighted by molar-refractivity contribution is -0.00952. The molecular formula is CH5NO5P2. The van der Waals surface area contributed by atoms with Crippen LogP contribution in [-0.2, 0) is 22.5 Å². The number of hydrogen-bond acceptors (Lipinski definition) is 6. The van der Waals surface area contributed by atoms with Crippen LogP contribution in [0, 0.1) is 0 Å². The maximum Gasteiger partial charge on any atom is 0.329 e. The first-order chi connectivity index (χ1) is 4.18. The highest BCUT2D eigenvalue weighted by molar-refractivity contribution is 7.48. The van der Waals surface area contributed by atoms with Crippen molar-refractivity contribution >= 4 is 16.5 Å². The topological polar surface area (TPSA) is 87.9 Å². The Morgan fingerprint density at radius 3 is 2.00 bits per heavy atom. The number of rotatable bonds is 0. The Morgan fingerprint density at radius 1 is 1.22 bits per heavy atom. The van der Waals surface area contributed by atoms with Gasteiger partial charge in [0.1, 0.15) is 0 Å². The molecule has 0 saturated carbocycles. The molecule has 6 nitrogen and oxygen atoms in total. The summed E-state index contributed by atoms with van der Waals surface area (Å²) in [6.07, 6.45) is -1.17. The van der Waals surface area contributed by atoms with Crippen molar-refractivity contribution in [2.75, 3.05) is 0 Å². The summed E-state index contributed by atoms with van der Waals surface area (Å²) in [5, 5.41) is 0. The van der Waals surface area contributed by atoms with E-state index in [1.165, 1.54) is 0 Å². The molecule has 2 atom stereocenters. The van der Waals surface area contributed by atoms with Crippen LogP contribution in [0.2, 0.25) is 0 Å². The maximum atomic E-state index is 10.3. The summed E-state index contributed by atoms with van der Waals surface area (Å²) >= 11 is 0. The molecule has 0 spiro atoms. The predicted molar refractivity (Wildman–Crippen MR) is 29.2 cm³/mol. The van der Waals surface area contributed by atoms with Crippen molar-refractivity contribution < 1.29 is 22.5 Å². The Morgan fingerprint density at radius 2 is 1.67 bits per heavy atom. The zero-order chi connectivity index (χ0) is 6.85. The van der Waals surface area contributed by atoms with Gasteiger partial charge in [-0.2, -0.15) is 0 Å². The van der Waals surface area contributed by atoms with Gasteiger partial charge in [-0.3, -0.25) is 23.9 Å². The van der Waals surface area contributed by atoms with Gasteiger partial charge in [0, 0.05) is 0 Å². The second-order valence-corrected chi connectivity index (χ2v) is 3.49. The average Bonchev–Trinajstić information content (AvgIpc) is 1.59. The van der Waals surface area contributed by atoms with Crippen molar-refractivity contribution in [2.45, 2.75) is 6.41 Å². The zero-order valence-electron chi connectivity index (χ0n) is 4.20. The van der Waals surface area contributed by atoms with Gasteiger partial charge in [0.05, 0.1) is 0 Å². The average molecular weight is 173 g/mol. The fraction of sp³-hybridized carbons (Fsp3) is 1.00. The van der Waals surface area contributed by atoms with Crippen molar-refractivity contribution in [2.24, 2.45) is 5.73 Å². The van der Waals surface area contributed by atoms with Crippen LogP contribution in [-0.4, -0.2) is 6.41 Å². The summed E-state index contributed by atoms with van der Waals surface area (Å²) < 4.78 is 33.2. The molecule has 0 aromatic rings. The van der Waals surface area contributed by atoms with E-state index in [0.29, 0.717) is 0 Å². The zero-order valence-corrected chi connectivity index (χ0v) is 6.20. The summed E-state index contributed by atoms with van der Waals surface area (Å²) in [6, 6.07) is 0. The minimum Gasteiger partial charge on any atom is -0.282 e. The van der Waals surface area contributed by atoms with E-state index in [0.717, 1.165) is 0 Å². The van der Waals surface area contributed by atoms with Crippen LogP contribution in [0.4, 0.5) is 0 Å². The second kappa shape index (κ2) is 2.92. The van der Waals surface area contributed by atoms with Gasteiger partial charge in [-0.25, -0.2) is 4.31 Å². The van der Waals surface area contributed by atoms with E-state index in [9.17, 15) is 9.13 Å². The Labute approximate surface area is 52.2 Å². The van der Waals surface area contributed by atoms with Gasteiger partial charge >= 0.3 is 16.5 Å². The van der Waals surface area contributed by atoms with E-state index in [2.05, 4.69) is 13.4 Å². The number of nitrogens with two attached hydrogens (primary N) is 1. The van der Waals surface area contributed by atoms with Gasteiger partial charge in [0.25, 0.3) is 0 Å². The van der Waals surface area contributed by atoms with E-state index < -0.39 is 22.9 Å². The molecule has 0 aromatic heterocycles. The fourth-order valence-corrected chi connectivity index (χ4v) is 1.83. The van der Waals surface area contributed by atoms with Crippen molar-refractivity contribution in [3.8, 4) is 0 Å². The standard InChI is InChI=1S/CH5NO5P2/c2-1-5-8(3)7-9(4)6-1/h1,8-9H,2H2. The van der Waals surface area contributed by atoms with Gasteiger partial charge in [-0.05, 0) is 0 Å². The van der Waals surface area contributed by atoms with Crippen LogP contribution in [0.3, 0.4) is 0 Å². The lowest BCUT2D eigenvalue weighted by Gasteiger charge is -2.17. The van der Waals surface area contributed by atoms with Gasteiger partial charge < -0.3 is 0 Å². The lowest BCUT2D eigenvalue weighted by atomic mass is 11.2. The Balaban J connectivity index is 2.53. The molecule has 54 valence electrons. The third-order valence-corrected chi connectivity index (χ3v) is 2.77. The van der Waals surface area contributed by atoms with Crippen LogP contribution in [0.25, 0.3) is 0 Å². The van der Waals surface area contributed by atoms with E-state index in [1.54, 1.807) is 0 Å². The Hall–Kier alpha value is 0.300. The molecule has 2 N–H and O–H groups in total. The van der Waals surface area contributed by atoms with Gasteiger partial charge in [0.15, 0.2) is 0 Å². The minimum atomic E-state index is -2.66. The SMILES string of the molecule is NC1O[PH](=O)O[PH](=O)O1. The molecule has 8 heteroatoms. The molecule has 1 rings (SSSR count). The molecule has 0 amide bonds. The van der Waals surface area contributed by atoms with Crippen molar-refractivity contribution in [1.82, 2.24) is 0 Å². The van der Waals surface area contributed by atoms with Crippen LogP contribution < -0.4 is 5.73 Å². The molecule has 0 aliphatic carbocycles. The van der Waals surface area contributed by atoms with E-state index in [-0.39, 0.29) is 0 Å². The quantitative estimate of drug-likeness (QED) is 0.521. The molecule has 1 aliphatic heterocycles. The normalized spacial score (nSPS) is 44.8. The van der Waals surface area contributed by atoms with Gasteiger partial charge in [-0.15, -0.1) is 0 Å². The largest absolute Gasteiger partial charge is 0.329 e. The van der Waals surface area contributed by atoms with Crippen molar-refractivity contribution in [3.63, 3.8) is 0 Å². The van der Waals surface area contributed by atoms with Crippen LogP contribution in [0.5, 0.6) is 0 Å². The Kier molecular flexibility index (Phi) is 2.41. The Bertz CT molecular complexity index is 141. The predicted octanol–water partition coefficient (Wildman–Crippen LogP) is 0.0715. The highest BCUT2D eigenvalue weighted by Crippen LogP contribution is 2.45. The molecule has 0 bridgehead atoms. The molecule has 2 unspecified atom stereocenters. The van der Waals surface area contributed by atoms with Crippen molar-refractivity contribution in [1.29, 1.82) is 0 Å². The fourth-order valence-electron chi connectivity index (χ4n) is 0.330. The highest BCUT2D eigenvalue weighted by atomic mass is 31.2. The molecule has 0 aromatic carbocycles. The van der Waals surface area contributed by atoms with E-state index >= 15 is 0 Å². The maximum absolute atomic E-state index is 10.3.